The van der Waals surface area contributed by atoms with E-state index in [-0.39, 0.29) is 35.7 Å². The fourth-order valence-electron chi connectivity index (χ4n) is 7.75. The number of rotatable bonds is 8. The van der Waals surface area contributed by atoms with Crippen LogP contribution in [0.15, 0.2) is 109 Å². The number of Topliss-reactive ketones (excluding diaryl/α,β-unsaturated/α-hetero) is 4. The molecule has 0 fully saturated rings. The van der Waals surface area contributed by atoms with Crippen LogP contribution in [0.2, 0.25) is 0 Å². The van der Waals surface area contributed by atoms with E-state index in [0.29, 0.717) is 72.2 Å². The molecule has 1 aliphatic heterocycles. The average Bonchev–Trinajstić information content (AvgIpc) is 4.13. The smallest absolute Gasteiger partial charge is 0.367 e. The number of thiazole rings is 2. The maximum absolute atomic E-state index is 15.0. The lowest BCUT2D eigenvalue weighted by Gasteiger charge is -2.33. The van der Waals surface area contributed by atoms with Gasteiger partial charge in [0, 0.05) is 22.3 Å². The summed E-state index contributed by atoms with van der Waals surface area (Å²) in [5.74, 6) is -4.34. The van der Waals surface area contributed by atoms with Crippen molar-refractivity contribution in [2.75, 3.05) is 0 Å². The van der Waals surface area contributed by atoms with Crippen molar-refractivity contribution in [2.45, 2.75) is 18.8 Å². The van der Waals surface area contributed by atoms with Gasteiger partial charge in [-0.2, -0.15) is 0 Å². The molecule has 0 saturated heterocycles. The van der Waals surface area contributed by atoms with Crippen LogP contribution in [0.4, 0.5) is 0 Å². The average molecular weight is 889 g/mol. The highest BCUT2D eigenvalue weighted by molar-refractivity contribution is 7.34. The number of carbonyl (C=O) groups excluding carboxylic acids is 6. The molecule has 3 aliphatic rings. The Balaban J connectivity index is 1.09. The molecule has 11 nitrogen and oxygen atoms in total. The minimum Gasteiger partial charge on any atom is -0.457 e. The minimum atomic E-state index is -2.52. The summed E-state index contributed by atoms with van der Waals surface area (Å²) in [7, 11) is 0. The van der Waals surface area contributed by atoms with Gasteiger partial charge in [0.15, 0.2) is 5.75 Å². The summed E-state index contributed by atoms with van der Waals surface area (Å²) in [6.07, 6.45) is 3.12. The summed E-state index contributed by atoms with van der Waals surface area (Å²) < 4.78 is 19.7. The normalized spacial score (nSPS) is 16.1. The number of ether oxygens (including phenoxy) is 3. The lowest BCUT2D eigenvalue weighted by molar-refractivity contribution is -0.183. The van der Waals surface area contributed by atoms with Gasteiger partial charge in [0.2, 0.25) is 23.1 Å². The predicted octanol–water partition coefficient (Wildman–Crippen LogP) is 9.38. The molecule has 0 radical (unpaired) electrons. The Labute approximate surface area is 366 Å². The number of hydrogen-bond acceptors (Lipinski definition) is 15. The van der Waals surface area contributed by atoms with Crippen LogP contribution in [0.3, 0.4) is 0 Å². The number of fused-ring (bicyclic) bond motifs is 9. The number of benzene rings is 4. The van der Waals surface area contributed by atoms with Crippen molar-refractivity contribution >= 4 is 123 Å². The van der Waals surface area contributed by atoms with Crippen molar-refractivity contribution in [3.8, 4) is 15.5 Å². The molecule has 15 heteroatoms. The third-order valence-electron chi connectivity index (χ3n) is 10.7. The minimum absolute atomic E-state index is 0.181. The fourth-order valence-corrected chi connectivity index (χ4v) is 12.7. The molecule has 0 atom stereocenters. The van der Waals surface area contributed by atoms with E-state index >= 15 is 0 Å². The zero-order valence-electron chi connectivity index (χ0n) is 31.7. The van der Waals surface area contributed by atoms with Gasteiger partial charge in [-0.15, -0.1) is 45.3 Å². The van der Waals surface area contributed by atoms with Gasteiger partial charge in [-0.3, -0.25) is 19.2 Å². The van der Waals surface area contributed by atoms with Gasteiger partial charge in [0.25, 0.3) is 0 Å². The maximum atomic E-state index is 15.0. The van der Waals surface area contributed by atoms with Gasteiger partial charge in [0.05, 0.1) is 20.0 Å². The van der Waals surface area contributed by atoms with Crippen LogP contribution in [-0.2, 0) is 47.5 Å². The molecule has 0 bridgehead atoms. The second kappa shape index (κ2) is 14.6. The number of allylic oxidation sites excluding steroid dienone is 2. The van der Waals surface area contributed by atoms with E-state index in [9.17, 15) is 28.8 Å². The first-order valence-electron chi connectivity index (χ1n) is 19.0. The summed E-state index contributed by atoms with van der Waals surface area (Å²) >= 11 is 4.83. The van der Waals surface area contributed by atoms with Crippen molar-refractivity contribution < 1.29 is 43.0 Å². The first-order chi connectivity index (χ1) is 30.2. The lowest BCUT2D eigenvalue weighted by Crippen LogP contribution is -2.52. The summed E-state index contributed by atoms with van der Waals surface area (Å²) in [5, 5.41) is 0.776. The van der Waals surface area contributed by atoms with Gasteiger partial charge in [-0.25, -0.2) is 19.6 Å². The Bertz CT molecular complexity index is 3300. The van der Waals surface area contributed by atoms with Gasteiger partial charge in [-0.1, -0.05) is 109 Å². The Hall–Kier alpha value is -7.04. The molecule has 0 N–H and O–H groups in total. The highest BCUT2D eigenvalue weighted by Crippen LogP contribution is 2.60. The van der Waals surface area contributed by atoms with E-state index in [2.05, 4.69) is 0 Å². The van der Waals surface area contributed by atoms with Crippen molar-refractivity contribution in [3.63, 3.8) is 0 Å². The fraction of sp³-hybridized carbons (Fsp3) is 0.0638. The second-order valence-corrected chi connectivity index (χ2v) is 18.4. The highest BCUT2D eigenvalue weighted by Gasteiger charge is 2.60. The van der Waals surface area contributed by atoms with Gasteiger partial charge < -0.3 is 14.2 Å². The predicted molar refractivity (Wildman–Crippen MR) is 236 cm³/mol. The van der Waals surface area contributed by atoms with Crippen LogP contribution in [0, 0.1) is 0 Å². The van der Waals surface area contributed by atoms with E-state index in [1.54, 1.807) is 109 Å². The summed E-state index contributed by atoms with van der Waals surface area (Å²) in [5.41, 5.74) is 1.05. The standard InChI is InChI=1S/C47H24N2O9S4/c50-34-27-17-9-7-15-25(27)29(36(34)52)19-31-48-43-40(59-31)33-39(61-43)41-38(42-44(62-41)49-32(60-42)20-30-26-16-8-10-18-28(26)35(51)37(30)53)58-47(33,45(54)56-21-23-11-3-1-4-12-23)46(55)57-22-24-13-5-2-6-14-24/h1-20H,21-22H2/b29-19-,30-20-. The molecule has 300 valence electrons. The molecular weight excluding hydrogens is 865 g/mol. The number of hydrogen-bond donors (Lipinski definition) is 0. The molecule has 4 aromatic carbocycles. The molecule has 62 heavy (non-hydrogen) atoms. The molecule has 8 aromatic rings. The molecular formula is C47H24N2O9S4. The third-order valence-corrected chi connectivity index (χ3v) is 15.3. The summed E-state index contributed by atoms with van der Waals surface area (Å²) in [6, 6.07) is 31.6. The highest BCUT2D eigenvalue weighted by atomic mass is 32.1. The second-order valence-electron chi connectivity index (χ2n) is 14.4. The number of aromatic nitrogens is 2. The zero-order chi connectivity index (χ0) is 42.3. The molecule has 0 spiro atoms. The number of nitrogens with zero attached hydrogens (tertiary/aromatic N) is 2. The first-order valence-corrected chi connectivity index (χ1v) is 22.2. The van der Waals surface area contributed by atoms with E-state index in [1.807, 2.05) is 12.1 Å². The molecule has 2 aliphatic carbocycles. The molecule has 5 heterocycles. The first kappa shape index (κ1) is 37.9. The van der Waals surface area contributed by atoms with Gasteiger partial charge in [0.1, 0.15) is 37.6 Å². The SMILES string of the molecule is O=C1C(=O)c2ccccc2/C1=C/c1nc2sc3c(c2s1)OC(C(=O)OCc1ccccc1)(C(=O)OCc1ccccc1)c1c-3sc2nc(/C=C3\C(=O)C(=O)c4ccccc43)sc12. The summed E-state index contributed by atoms with van der Waals surface area (Å²) in [4.78, 5) is 93.7. The third kappa shape index (κ3) is 5.88. The quantitative estimate of drug-likeness (QED) is 0.0620. The van der Waals surface area contributed by atoms with E-state index in [1.165, 1.54) is 34.0 Å². The number of thiophene rings is 2. The monoisotopic (exact) mass is 888 g/mol. The van der Waals surface area contributed by atoms with Crippen molar-refractivity contribution in [3.05, 3.63) is 158 Å². The van der Waals surface area contributed by atoms with Crippen LogP contribution in [0.1, 0.15) is 58.5 Å². The molecule has 0 unspecified atom stereocenters. The van der Waals surface area contributed by atoms with Crippen LogP contribution in [0.25, 0.3) is 52.1 Å². The number of carbonyl (C=O) groups is 6. The molecule has 4 aromatic heterocycles. The van der Waals surface area contributed by atoms with Crippen molar-refractivity contribution in [2.24, 2.45) is 0 Å². The topological polar surface area (TPSA) is 156 Å². The Morgan fingerprint density at radius 3 is 1.48 bits per heavy atom. The van der Waals surface area contributed by atoms with Crippen molar-refractivity contribution in [1.82, 2.24) is 9.97 Å². The van der Waals surface area contributed by atoms with Crippen LogP contribution >= 0.6 is 45.3 Å². The van der Waals surface area contributed by atoms with Crippen LogP contribution in [-0.4, -0.2) is 45.0 Å². The lowest BCUT2D eigenvalue weighted by atomic mass is 9.91. The van der Waals surface area contributed by atoms with E-state index < -0.39 is 40.7 Å². The van der Waals surface area contributed by atoms with Crippen LogP contribution < -0.4 is 4.74 Å². The molecule has 0 amide bonds. The van der Waals surface area contributed by atoms with Crippen LogP contribution in [0.5, 0.6) is 5.75 Å². The number of esters is 2. The Kier molecular flexibility index (Phi) is 8.90. The largest absolute Gasteiger partial charge is 0.457 e. The maximum Gasteiger partial charge on any atom is 0.367 e. The van der Waals surface area contributed by atoms with Gasteiger partial charge in [-0.05, 0) is 34.4 Å². The zero-order valence-corrected chi connectivity index (χ0v) is 34.9. The number of ketones is 4. The van der Waals surface area contributed by atoms with E-state index in [4.69, 9.17) is 24.2 Å². The van der Waals surface area contributed by atoms with Gasteiger partial charge >= 0.3 is 17.5 Å². The molecule has 11 rings (SSSR count). The Morgan fingerprint density at radius 1 is 0.532 bits per heavy atom. The van der Waals surface area contributed by atoms with Crippen molar-refractivity contribution in [1.29, 1.82) is 0 Å². The summed E-state index contributed by atoms with van der Waals surface area (Å²) in [6.45, 7) is -0.374. The Morgan fingerprint density at radius 2 is 0.968 bits per heavy atom. The van der Waals surface area contributed by atoms with E-state index in [0.717, 1.165) is 11.3 Å². The molecule has 0 saturated carbocycles.